The molecule has 2 amide bonds. The first kappa shape index (κ1) is 18.9. The van der Waals surface area contributed by atoms with Crippen molar-refractivity contribution in [2.24, 2.45) is 5.92 Å². The molecule has 1 heterocycles. The number of thiazole rings is 1. The van der Waals surface area contributed by atoms with Gasteiger partial charge in [0.15, 0.2) is 5.13 Å². The van der Waals surface area contributed by atoms with Crippen LogP contribution in [0, 0.1) is 19.8 Å². The number of hydrogen-bond acceptors (Lipinski definition) is 5. The zero-order chi connectivity index (χ0) is 18.4. The summed E-state index contributed by atoms with van der Waals surface area (Å²) in [4.78, 5) is 28.1. The molecule has 0 atom stereocenters. The van der Waals surface area contributed by atoms with E-state index >= 15 is 0 Å². The second kappa shape index (κ2) is 8.62. The summed E-state index contributed by atoms with van der Waals surface area (Å²) < 4.78 is 5.04. The van der Waals surface area contributed by atoms with Crippen molar-refractivity contribution >= 4 is 34.2 Å². The van der Waals surface area contributed by atoms with Gasteiger partial charge in [-0.2, -0.15) is 0 Å². The molecule has 0 aliphatic rings. The Labute approximate surface area is 151 Å². The van der Waals surface area contributed by atoms with Crippen molar-refractivity contribution < 1.29 is 14.3 Å². The lowest BCUT2D eigenvalue weighted by atomic mass is 10.1. The quantitative estimate of drug-likeness (QED) is 0.810. The summed E-state index contributed by atoms with van der Waals surface area (Å²) >= 11 is 1.26. The molecule has 0 radical (unpaired) electrons. The maximum Gasteiger partial charge on any atom is 0.413 e. The first-order valence-corrected chi connectivity index (χ1v) is 8.96. The van der Waals surface area contributed by atoms with Crippen molar-refractivity contribution in [2.45, 2.75) is 34.1 Å². The molecule has 0 aliphatic carbocycles. The lowest BCUT2D eigenvalue weighted by Gasteiger charge is -2.08. The second-order valence-electron chi connectivity index (χ2n) is 6.30. The third-order valence-electron chi connectivity index (χ3n) is 3.32. The summed E-state index contributed by atoms with van der Waals surface area (Å²) in [5.41, 5.74) is 3.50. The van der Waals surface area contributed by atoms with Gasteiger partial charge in [0.1, 0.15) is 0 Å². The van der Waals surface area contributed by atoms with Crippen LogP contribution in [0.25, 0.3) is 0 Å². The van der Waals surface area contributed by atoms with E-state index in [1.54, 1.807) is 5.38 Å². The van der Waals surface area contributed by atoms with E-state index in [0.717, 1.165) is 16.8 Å². The molecule has 6 nitrogen and oxygen atoms in total. The number of anilines is 2. The van der Waals surface area contributed by atoms with E-state index in [-0.39, 0.29) is 18.2 Å². The summed E-state index contributed by atoms with van der Waals surface area (Å²) in [6.07, 6.45) is -0.387. The van der Waals surface area contributed by atoms with Crippen LogP contribution in [0.1, 0.15) is 30.7 Å². The molecule has 2 rings (SSSR count). The molecule has 0 saturated carbocycles. The van der Waals surface area contributed by atoms with Crippen molar-refractivity contribution in [1.82, 2.24) is 4.98 Å². The van der Waals surface area contributed by atoms with Crippen LogP contribution in [0.2, 0.25) is 0 Å². The number of aryl methyl sites for hydroxylation is 2. The number of carbonyl (C=O) groups is 2. The third-order valence-corrected chi connectivity index (χ3v) is 4.12. The van der Waals surface area contributed by atoms with E-state index in [1.165, 1.54) is 11.3 Å². The number of carbonyl (C=O) groups excluding carboxylic acids is 2. The average molecular weight is 361 g/mol. The zero-order valence-electron chi connectivity index (χ0n) is 14.9. The van der Waals surface area contributed by atoms with Crippen molar-refractivity contribution in [3.63, 3.8) is 0 Å². The number of rotatable bonds is 6. The highest BCUT2D eigenvalue weighted by Crippen LogP contribution is 2.19. The molecule has 1 aromatic carbocycles. The predicted octanol–water partition coefficient (Wildman–Crippen LogP) is 4.15. The molecule has 0 aliphatic heterocycles. The van der Waals surface area contributed by atoms with Crippen LogP contribution in [0.3, 0.4) is 0 Å². The summed E-state index contributed by atoms with van der Waals surface area (Å²) in [6.45, 7) is 8.20. The van der Waals surface area contributed by atoms with Gasteiger partial charge in [-0.1, -0.05) is 26.0 Å². The summed E-state index contributed by atoms with van der Waals surface area (Å²) in [5, 5.41) is 7.64. The lowest BCUT2D eigenvalue weighted by Crippen LogP contribution is -2.17. The highest BCUT2D eigenvalue weighted by Gasteiger charge is 2.12. The maximum absolute atomic E-state index is 12.2. The Morgan fingerprint density at radius 1 is 1.24 bits per heavy atom. The van der Waals surface area contributed by atoms with Gasteiger partial charge in [-0.05, 0) is 37.0 Å². The first-order valence-electron chi connectivity index (χ1n) is 8.08. The summed E-state index contributed by atoms with van der Waals surface area (Å²) in [6, 6.07) is 5.91. The fourth-order valence-corrected chi connectivity index (χ4v) is 2.74. The predicted molar refractivity (Wildman–Crippen MR) is 100 cm³/mol. The Balaban J connectivity index is 1.89. The Morgan fingerprint density at radius 3 is 2.72 bits per heavy atom. The van der Waals surface area contributed by atoms with Gasteiger partial charge in [0, 0.05) is 11.1 Å². The second-order valence-corrected chi connectivity index (χ2v) is 7.16. The fourth-order valence-electron chi connectivity index (χ4n) is 2.04. The van der Waals surface area contributed by atoms with Gasteiger partial charge in [-0.3, -0.25) is 10.1 Å². The number of amides is 2. The van der Waals surface area contributed by atoms with Crippen LogP contribution in [-0.2, 0) is 16.0 Å². The van der Waals surface area contributed by atoms with E-state index in [2.05, 4.69) is 15.6 Å². The van der Waals surface area contributed by atoms with E-state index in [4.69, 9.17) is 4.74 Å². The molecule has 134 valence electrons. The van der Waals surface area contributed by atoms with Crippen molar-refractivity contribution in [3.8, 4) is 0 Å². The van der Waals surface area contributed by atoms with Crippen LogP contribution in [0.15, 0.2) is 23.6 Å². The van der Waals surface area contributed by atoms with Gasteiger partial charge in [0.25, 0.3) is 0 Å². The molecular formula is C18H23N3O3S. The lowest BCUT2D eigenvalue weighted by molar-refractivity contribution is -0.115. The summed E-state index contributed by atoms with van der Waals surface area (Å²) in [7, 11) is 0. The molecule has 7 heteroatoms. The SMILES string of the molecule is Cc1ccc(C)c(NC(=O)Cc2csc(NC(=O)OCC(C)C)n2)c1. The highest BCUT2D eigenvalue weighted by atomic mass is 32.1. The number of benzene rings is 1. The van der Waals surface area contributed by atoms with Gasteiger partial charge < -0.3 is 10.1 Å². The molecule has 25 heavy (non-hydrogen) atoms. The number of hydrogen-bond donors (Lipinski definition) is 2. The smallest absolute Gasteiger partial charge is 0.413 e. The van der Waals surface area contributed by atoms with E-state index in [9.17, 15) is 9.59 Å². The minimum absolute atomic E-state index is 0.145. The highest BCUT2D eigenvalue weighted by molar-refractivity contribution is 7.13. The molecular weight excluding hydrogens is 338 g/mol. The molecule has 0 fully saturated rings. The van der Waals surface area contributed by atoms with Crippen LogP contribution in [-0.4, -0.2) is 23.6 Å². The number of nitrogens with zero attached hydrogens (tertiary/aromatic N) is 1. The maximum atomic E-state index is 12.2. The van der Waals surface area contributed by atoms with E-state index in [1.807, 2.05) is 45.9 Å². The first-order chi connectivity index (χ1) is 11.8. The molecule has 0 saturated heterocycles. The standard InChI is InChI=1S/C18H23N3O3S/c1-11(2)9-24-18(23)21-17-19-14(10-25-17)8-16(22)20-15-7-12(3)5-6-13(15)4/h5-7,10-11H,8-9H2,1-4H3,(H,20,22)(H,19,21,23). The van der Waals surface area contributed by atoms with Gasteiger partial charge in [0.05, 0.1) is 18.7 Å². The van der Waals surface area contributed by atoms with Gasteiger partial charge in [-0.25, -0.2) is 9.78 Å². The van der Waals surface area contributed by atoms with E-state index in [0.29, 0.717) is 17.4 Å². The third kappa shape index (κ3) is 6.19. The Morgan fingerprint density at radius 2 is 2.00 bits per heavy atom. The van der Waals surface area contributed by atoms with Crippen molar-refractivity contribution in [1.29, 1.82) is 0 Å². The zero-order valence-corrected chi connectivity index (χ0v) is 15.7. The largest absolute Gasteiger partial charge is 0.449 e. The Kier molecular flexibility index (Phi) is 6.52. The van der Waals surface area contributed by atoms with Crippen LogP contribution >= 0.6 is 11.3 Å². The average Bonchev–Trinajstić information content (AvgIpc) is 2.95. The fraction of sp³-hybridized carbons (Fsp3) is 0.389. The van der Waals surface area contributed by atoms with E-state index < -0.39 is 6.09 Å². The van der Waals surface area contributed by atoms with Gasteiger partial charge in [-0.15, -0.1) is 11.3 Å². The summed E-state index contributed by atoms with van der Waals surface area (Å²) in [5.74, 6) is 0.124. The molecule has 2 N–H and O–H groups in total. The number of nitrogens with one attached hydrogen (secondary N) is 2. The molecule has 0 bridgehead atoms. The normalized spacial score (nSPS) is 10.6. The van der Waals surface area contributed by atoms with Crippen LogP contribution in [0.5, 0.6) is 0 Å². The number of aromatic nitrogens is 1. The van der Waals surface area contributed by atoms with Crippen molar-refractivity contribution in [3.05, 3.63) is 40.4 Å². The van der Waals surface area contributed by atoms with Crippen LogP contribution < -0.4 is 10.6 Å². The van der Waals surface area contributed by atoms with Crippen molar-refractivity contribution in [2.75, 3.05) is 17.2 Å². The minimum Gasteiger partial charge on any atom is -0.449 e. The topological polar surface area (TPSA) is 80.3 Å². The number of ether oxygens (including phenoxy) is 1. The molecule has 0 unspecified atom stereocenters. The van der Waals surface area contributed by atoms with Gasteiger partial charge >= 0.3 is 6.09 Å². The molecule has 0 spiro atoms. The Bertz CT molecular complexity index is 756. The minimum atomic E-state index is -0.533. The van der Waals surface area contributed by atoms with Crippen LogP contribution in [0.4, 0.5) is 15.6 Å². The molecule has 1 aromatic heterocycles. The molecule has 2 aromatic rings. The Hall–Kier alpha value is -2.41. The van der Waals surface area contributed by atoms with Gasteiger partial charge in [0.2, 0.25) is 5.91 Å². The monoisotopic (exact) mass is 361 g/mol.